The van der Waals surface area contributed by atoms with Crippen LogP contribution in [0.3, 0.4) is 0 Å². The molecule has 4 nitrogen and oxygen atoms in total. The molecule has 2 aliphatic heterocycles. The van der Waals surface area contributed by atoms with Crippen molar-refractivity contribution >= 4 is 5.91 Å². The lowest BCUT2D eigenvalue weighted by atomic mass is 9.78. The van der Waals surface area contributed by atoms with Crippen LogP contribution in [0.2, 0.25) is 0 Å². The molecule has 0 radical (unpaired) electrons. The van der Waals surface area contributed by atoms with Gasteiger partial charge in [0.1, 0.15) is 5.75 Å². The van der Waals surface area contributed by atoms with E-state index in [1.54, 1.807) is 6.92 Å². The van der Waals surface area contributed by atoms with E-state index in [2.05, 4.69) is 5.32 Å². The summed E-state index contributed by atoms with van der Waals surface area (Å²) in [6.07, 6.45) is 2.47. The van der Waals surface area contributed by atoms with E-state index in [-0.39, 0.29) is 11.7 Å². The summed E-state index contributed by atoms with van der Waals surface area (Å²) >= 11 is 0. The summed E-state index contributed by atoms with van der Waals surface area (Å²) in [6.45, 7) is 5.20. The smallest absolute Gasteiger partial charge is 0.263 e. The quantitative estimate of drug-likeness (QED) is 0.928. The molecule has 6 heteroatoms. The molecule has 0 aliphatic carbocycles. The summed E-state index contributed by atoms with van der Waals surface area (Å²) in [5.74, 6) is -1.84. The summed E-state index contributed by atoms with van der Waals surface area (Å²) in [4.78, 5) is 14.3. The molecule has 2 fully saturated rings. The molecular formula is C17H22F2N2O2. The van der Waals surface area contributed by atoms with Gasteiger partial charge in [-0.2, -0.15) is 0 Å². The van der Waals surface area contributed by atoms with E-state index in [0.29, 0.717) is 5.41 Å². The van der Waals surface area contributed by atoms with Crippen LogP contribution >= 0.6 is 0 Å². The number of carbonyl (C=O) groups is 1. The van der Waals surface area contributed by atoms with Crippen molar-refractivity contribution in [3.05, 3.63) is 29.8 Å². The number of carbonyl (C=O) groups excluding carboxylic acids is 1. The molecule has 1 unspecified atom stereocenters. The Balaban J connectivity index is 1.56. The Labute approximate surface area is 134 Å². The molecule has 1 N–H and O–H groups in total. The topological polar surface area (TPSA) is 41.6 Å². The minimum absolute atomic E-state index is 0.101. The van der Waals surface area contributed by atoms with Gasteiger partial charge in [-0.1, -0.05) is 0 Å². The van der Waals surface area contributed by atoms with E-state index < -0.39 is 17.7 Å². The fourth-order valence-electron chi connectivity index (χ4n) is 3.49. The van der Waals surface area contributed by atoms with E-state index >= 15 is 0 Å². The molecule has 1 spiro atoms. The maximum Gasteiger partial charge on any atom is 0.263 e. The zero-order chi connectivity index (χ0) is 16.4. The Kier molecular flexibility index (Phi) is 4.53. The van der Waals surface area contributed by atoms with Crippen LogP contribution in [0.5, 0.6) is 5.75 Å². The molecule has 2 saturated heterocycles. The number of rotatable bonds is 3. The van der Waals surface area contributed by atoms with Gasteiger partial charge in [0.25, 0.3) is 5.91 Å². The first-order valence-electron chi connectivity index (χ1n) is 8.10. The number of hydrogen-bond acceptors (Lipinski definition) is 3. The fraction of sp³-hybridized carbons (Fsp3) is 0.588. The summed E-state index contributed by atoms with van der Waals surface area (Å²) in [5, 5.41) is 3.40. The van der Waals surface area contributed by atoms with Crippen LogP contribution in [0, 0.1) is 17.0 Å². The van der Waals surface area contributed by atoms with Crippen molar-refractivity contribution in [2.24, 2.45) is 5.41 Å². The third-order valence-electron chi connectivity index (χ3n) is 5.02. The molecule has 3 rings (SSSR count). The minimum atomic E-state index is -0.976. The third kappa shape index (κ3) is 3.47. The van der Waals surface area contributed by atoms with Gasteiger partial charge in [-0.25, -0.2) is 8.78 Å². The standard InChI is InChI=1S/C17H22F2N2O2/c1-12(23-13-2-3-14(18)15(19)10-13)16(22)21-8-5-17(6-9-21)4-7-20-11-17/h2-3,10,12,20H,4-9,11H2,1H3. The summed E-state index contributed by atoms with van der Waals surface area (Å²) in [6, 6.07) is 3.30. The van der Waals surface area contributed by atoms with Crippen LogP contribution in [-0.2, 0) is 4.79 Å². The molecule has 2 aliphatic rings. The van der Waals surface area contributed by atoms with Crippen molar-refractivity contribution in [2.45, 2.75) is 32.3 Å². The molecule has 23 heavy (non-hydrogen) atoms. The van der Waals surface area contributed by atoms with Gasteiger partial charge in [0, 0.05) is 25.7 Å². The first-order valence-corrected chi connectivity index (χ1v) is 8.10. The van der Waals surface area contributed by atoms with Gasteiger partial charge in [-0.05, 0) is 50.3 Å². The molecule has 1 aromatic carbocycles. The van der Waals surface area contributed by atoms with E-state index in [9.17, 15) is 13.6 Å². The first kappa shape index (κ1) is 16.2. The maximum atomic E-state index is 13.2. The van der Waals surface area contributed by atoms with Crippen LogP contribution in [0.25, 0.3) is 0 Å². The Morgan fingerprint density at radius 2 is 2.00 bits per heavy atom. The number of hydrogen-bond donors (Lipinski definition) is 1. The Hall–Kier alpha value is -1.69. The molecule has 0 aromatic heterocycles. The predicted molar refractivity (Wildman–Crippen MR) is 82.2 cm³/mol. The van der Waals surface area contributed by atoms with Gasteiger partial charge in [0.2, 0.25) is 0 Å². The first-order chi connectivity index (χ1) is 11.0. The predicted octanol–water partition coefficient (Wildman–Crippen LogP) is 2.33. The Morgan fingerprint density at radius 3 is 2.61 bits per heavy atom. The third-order valence-corrected chi connectivity index (χ3v) is 5.02. The van der Waals surface area contributed by atoms with Crippen LogP contribution < -0.4 is 10.1 Å². The van der Waals surface area contributed by atoms with Crippen molar-refractivity contribution in [3.63, 3.8) is 0 Å². The minimum Gasteiger partial charge on any atom is -0.481 e. The Morgan fingerprint density at radius 1 is 1.26 bits per heavy atom. The zero-order valence-corrected chi connectivity index (χ0v) is 13.3. The molecule has 1 aromatic rings. The zero-order valence-electron chi connectivity index (χ0n) is 13.3. The van der Waals surface area contributed by atoms with Gasteiger partial charge in [-0.3, -0.25) is 4.79 Å². The lowest BCUT2D eigenvalue weighted by molar-refractivity contribution is -0.140. The SMILES string of the molecule is CC(Oc1ccc(F)c(F)c1)C(=O)N1CCC2(CCNC2)CC1. The van der Waals surface area contributed by atoms with Crippen molar-refractivity contribution in [3.8, 4) is 5.75 Å². The monoisotopic (exact) mass is 324 g/mol. The summed E-state index contributed by atoms with van der Waals surface area (Å²) in [5.41, 5.74) is 0.348. The van der Waals surface area contributed by atoms with E-state index in [0.717, 1.165) is 51.2 Å². The van der Waals surface area contributed by atoms with Crippen molar-refractivity contribution < 1.29 is 18.3 Å². The largest absolute Gasteiger partial charge is 0.481 e. The number of likely N-dealkylation sites (tertiary alicyclic amines) is 1. The number of piperidine rings is 1. The number of halogens is 2. The molecule has 0 bridgehead atoms. The molecule has 1 amide bonds. The highest BCUT2D eigenvalue weighted by atomic mass is 19.2. The molecule has 126 valence electrons. The number of amides is 1. The molecular weight excluding hydrogens is 302 g/mol. The second-order valence-electron chi connectivity index (χ2n) is 6.59. The molecule has 0 saturated carbocycles. The van der Waals surface area contributed by atoms with Gasteiger partial charge < -0.3 is 15.0 Å². The second kappa shape index (κ2) is 6.43. The summed E-state index contributed by atoms with van der Waals surface area (Å²) in [7, 11) is 0. The fourth-order valence-corrected chi connectivity index (χ4v) is 3.49. The van der Waals surface area contributed by atoms with E-state index in [4.69, 9.17) is 4.74 Å². The van der Waals surface area contributed by atoms with Crippen LogP contribution in [-0.4, -0.2) is 43.1 Å². The average Bonchev–Trinajstić information content (AvgIpc) is 2.99. The van der Waals surface area contributed by atoms with Crippen molar-refractivity contribution in [1.82, 2.24) is 10.2 Å². The highest BCUT2D eigenvalue weighted by molar-refractivity contribution is 5.81. The molecule has 1 atom stereocenters. The highest BCUT2D eigenvalue weighted by Gasteiger charge is 2.38. The normalized spacial score (nSPS) is 21.4. The maximum absolute atomic E-state index is 13.2. The second-order valence-corrected chi connectivity index (χ2v) is 6.59. The number of nitrogens with zero attached hydrogens (tertiary/aromatic N) is 1. The summed E-state index contributed by atoms with van der Waals surface area (Å²) < 4.78 is 31.6. The van der Waals surface area contributed by atoms with Crippen molar-refractivity contribution in [2.75, 3.05) is 26.2 Å². The van der Waals surface area contributed by atoms with Crippen LogP contribution in [0.1, 0.15) is 26.2 Å². The van der Waals surface area contributed by atoms with Gasteiger partial charge in [0.05, 0.1) is 0 Å². The van der Waals surface area contributed by atoms with E-state index in [1.807, 2.05) is 4.90 Å². The van der Waals surface area contributed by atoms with Crippen LogP contribution in [0.15, 0.2) is 18.2 Å². The van der Waals surface area contributed by atoms with E-state index in [1.165, 1.54) is 12.5 Å². The lowest BCUT2D eigenvalue weighted by Gasteiger charge is -2.39. The number of benzene rings is 1. The average molecular weight is 324 g/mol. The van der Waals surface area contributed by atoms with Gasteiger partial charge >= 0.3 is 0 Å². The lowest BCUT2D eigenvalue weighted by Crippen LogP contribution is -2.48. The highest BCUT2D eigenvalue weighted by Crippen LogP contribution is 2.37. The Bertz CT molecular complexity index is 578. The van der Waals surface area contributed by atoms with Crippen molar-refractivity contribution in [1.29, 1.82) is 0 Å². The number of ether oxygens (including phenoxy) is 1. The molecule has 2 heterocycles. The number of nitrogens with one attached hydrogen (secondary N) is 1. The van der Waals surface area contributed by atoms with Gasteiger partial charge in [0.15, 0.2) is 17.7 Å². The van der Waals surface area contributed by atoms with Crippen LogP contribution in [0.4, 0.5) is 8.78 Å². The van der Waals surface area contributed by atoms with Gasteiger partial charge in [-0.15, -0.1) is 0 Å².